The van der Waals surface area contributed by atoms with Crippen LogP contribution in [0, 0.1) is 0 Å². The van der Waals surface area contributed by atoms with Crippen molar-refractivity contribution in [1.29, 1.82) is 0 Å². The van der Waals surface area contributed by atoms with Crippen molar-refractivity contribution in [3.63, 3.8) is 0 Å². The van der Waals surface area contributed by atoms with Crippen LogP contribution in [0.5, 0.6) is 0 Å². The lowest BCUT2D eigenvalue weighted by Crippen LogP contribution is -2.18. The number of anilines is 1. The van der Waals surface area contributed by atoms with Crippen LogP contribution in [0.2, 0.25) is 0 Å². The van der Waals surface area contributed by atoms with Gasteiger partial charge in [0.2, 0.25) is 0 Å². The lowest BCUT2D eigenvalue weighted by Gasteiger charge is -2.09. The number of hydrogen-bond acceptors (Lipinski definition) is 3. The Hall–Kier alpha value is -2.27. The molecule has 0 saturated carbocycles. The maximum absolute atomic E-state index is 12.1. The van der Waals surface area contributed by atoms with Gasteiger partial charge in [-0.15, -0.1) is 11.8 Å². The first-order valence-corrected chi connectivity index (χ1v) is 7.18. The summed E-state index contributed by atoms with van der Waals surface area (Å²) in [4.78, 5) is 24.5. The van der Waals surface area contributed by atoms with Crippen molar-refractivity contribution in [2.24, 2.45) is 5.73 Å². The van der Waals surface area contributed by atoms with Crippen molar-refractivity contribution >= 4 is 29.3 Å². The third kappa shape index (κ3) is 3.19. The number of nitrogens with two attached hydrogens (primary N) is 1. The number of hydrogen-bond donors (Lipinski definition) is 2. The Morgan fingerprint density at radius 3 is 2.30 bits per heavy atom. The molecule has 0 aliphatic rings. The van der Waals surface area contributed by atoms with Crippen LogP contribution in [0.3, 0.4) is 0 Å². The van der Waals surface area contributed by atoms with Gasteiger partial charge in [-0.3, -0.25) is 9.59 Å². The first kappa shape index (κ1) is 14.1. The Bertz CT molecular complexity index is 639. The Kier molecular flexibility index (Phi) is 4.42. The van der Waals surface area contributed by atoms with Crippen LogP contribution >= 0.6 is 11.8 Å². The van der Waals surface area contributed by atoms with E-state index in [-0.39, 0.29) is 5.91 Å². The summed E-state index contributed by atoms with van der Waals surface area (Å²) in [6, 6.07) is 13.9. The van der Waals surface area contributed by atoms with Crippen molar-refractivity contribution < 1.29 is 9.59 Å². The maximum atomic E-state index is 12.1. The van der Waals surface area contributed by atoms with Gasteiger partial charge in [-0.2, -0.15) is 0 Å². The molecule has 0 heterocycles. The molecule has 0 unspecified atom stereocenters. The minimum absolute atomic E-state index is 0.272. The molecule has 0 aliphatic heterocycles. The Balaban J connectivity index is 2.21. The highest BCUT2D eigenvalue weighted by Crippen LogP contribution is 2.18. The SMILES string of the molecule is CSc1ccc(C(=O)Nc2ccccc2C(N)=O)cc1. The zero-order valence-corrected chi connectivity index (χ0v) is 11.7. The van der Waals surface area contributed by atoms with Gasteiger partial charge in [0.15, 0.2) is 0 Å². The fourth-order valence-electron chi connectivity index (χ4n) is 1.74. The Morgan fingerprint density at radius 2 is 1.70 bits per heavy atom. The van der Waals surface area contributed by atoms with Crippen molar-refractivity contribution in [1.82, 2.24) is 0 Å². The molecule has 0 bridgehead atoms. The van der Waals surface area contributed by atoms with Gasteiger partial charge in [-0.25, -0.2) is 0 Å². The molecule has 5 heteroatoms. The van der Waals surface area contributed by atoms with Crippen molar-refractivity contribution in [2.75, 3.05) is 11.6 Å². The van der Waals surface area contributed by atoms with Gasteiger partial charge in [0.1, 0.15) is 0 Å². The van der Waals surface area contributed by atoms with E-state index in [1.165, 1.54) is 0 Å². The van der Waals surface area contributed by atoms with E-state index in [2.05, 4.69) is 5.32 Å². The summed E-state index contributed by atoms with van der Waals surface area (Å²) in [6.07, 6.45) is 1.97. The van der Waals surface area contributed by atoms with Gasteiger partial charge in [0, 0.05) is 10.5 Å². The molecule has 4 nitrogen and oxygen atoms in total. The summed E-state index contributed by atoms with van der Waals surface area (Å²) < 4.78 is 0. The molecule has 0 atom stereocenters. The van der Waals surface area contributed by atoms with E-state index < -0.39 is 5.91 Å². The van der Waals surface area contributed by atoms with Crippen molar-refractivity contribution in [3.05, 3.63) is 59.7 Å². The molecule has 2 rings (SSSR count). The molecule has 0 radical (unpaired) electrons. The highest BCUT2D eigenvalue weighted by Gasteiger charge is 2.11. The lowest BCUT2D eigenvalue weighted by molar-refractivity contribution is 0.100. The minimum Gasteiger partial charge on any atom is -0.366 e. The van der Waals surface area contributed by atoms with Crippen LogP contribution in [-0.2, 0) is 0 Å². The fraction of sp³-hybridized carbons (Fsp3) is 0.0667. The summed E-state index contributed by atoms with van der Waals surface area (Å²) >= 11 is 1.61. The van der Waals surface area contributed by atoms with E-state index in [4.69, 9.17) is 5.73 Å². The first-order valence-electron chi connectivity index (χ1n) is 5.96. The highest BCUT2D eigenvalue weighted by atomic mass is 32.2. The second kappa shape index (κ2) is 6.25. The maximum Gasteiger partial charge on any atom is 0.255 e. The normalized spacial score (nSPS) is 10.1. The number of benzene rings is 2. The van der Waals surface area contributed by atoms with Crippen LogP contribution in [0.4, 0.5) is 5.69 Å². The lowest BCUT2D eigenvalue weighted by atomic mass is 10.1. The fourth-order valence-corrected chi connectivity index (χ4v) is 2.15. The highest BCUT2D eigenvalue weighted by molar-refractivity contribution is 7.98. The molecular formula is C15H14N2O2S. The number of para-hydroxylation sites is 1. The van der Waals surface area contributed by atoms with Crippen molar-refractivity contribution in [2.45, 2.75) is 4.90 Å². The molecular weight excluding hydrogens is 272 g/mol. The zero-order chi connectivity index (χ0) is 14.5. The van der Waals surface area contributed by atoms with E-state index in [1.54, 1.807) is 48.2 Å². The molecule has 2 aromatic rings. The largest absolute Gasteiger partial charge is 0.366 e. The quantitative estimate of drug-likeness (QED) is 0.849. The second-order valence-corrected chi connectivity index (χ2v) is 4.97. The van der Waals surface area contributed by atoms with Crippen LogP contribution in [0.15, 0.2) is 53.4 Å². The number of rotatable bonds is 4. The molecule has 3 N–H and O–H groups in total. The smallest absolute Gasteiger partial charge is 0.255 e. The topological polar surface area (TPSA) is 72.2 Å². The molecule has 0 aromatic heterocycles. The van der Waals surface area contributed by atoms with E-state index >= 15 is 0 Å². The molecule has 2 amide bonds. The Labute approximate surface area is 121 Å². The van der Waals surface area contributed by atoms with E-state index in [1.807, 2.05) is 18.4 Å². The van der Waals surface area contributed by atoms with Gasteiger partial charge in [-0.1, -0.05) is 12.1 Å². The predicted molar refractivity (Wildman–Crippen MR) is 81.1 cm³/mol. The van der Waals surface area contributed by atoms with Crippen LogP contribution in [-0.4, -0.2) is 18.1 Å². The molecule has 0 saturated heterocycles. The van der Waals surface area contributed by atoms with E-state index in [0.717, 1.165) is 4.90 Å². The summed E-state index contributed by atoms with van der Waals surface area (Å²) in [7, 11) is 0. The third-order valence-electron chi connectivity index (χ3n) is 2.79. The van der Waals surface area contributed by atoms with Gasteiger partial charge in [0.05, 0.1) is 11.3 Å². The van der Waals surface area contributed by atoms with Crippen LogP contribution < -0.4 is 11.1 Å². The van der Waals surface area contributed by atoms with Crippen LogP contribution in [0.25, 0.3) is 0 Å². The number of nitrogens with one attached hydrogen (secondary N) is 1. The van der Waals surface area contributed by atoms with Gasteiger partial charge in [0.25, 0.3) is 11.8 Å². The third-order valence-corrected chi connectivity index (χ3v) is 3.54. The summed E-state index contributed by atoms with van der Waals surface area (Å²) in [5.41, 5.74) is 6.51. The second-order valence-electron chi connectivity index (χ2n) is 4.09. The summed E-state index contributed by atoms with van der Waals surface area (Å²) in [6.45, 7) is 0. The standard InChI is InChI=1S/C15H14N2O2S/c1-20-11-8-6-10(7-9-11)15(19)17-13-5-3-2-4-12(13)14(16)18/h2-9H,1H3,(H2,16,18)(H,17,19). The van der Waals surface area contributed by atoms with E-state index in [0.29, 0.717) is 16.8 Å². The number of primary amides is 1. The summed E-state index contributed by atoms with van der Waals surface area (Å²) in [5, 5.41) is 2.70. The van der Waals surface area contributed by atoms with Gasteiger partial charge in [-0.05, 0) is 42.7 Å². The molecule has 0 aliphatic carbocycles. The van der Waals surface area contributed by atoms with Gasteiger partial charge < -0.3 is 11.1 Å². The van der Waals surface area contributed by atoms with Gasteiger partial charge >= 0.3 is 0 Å². The average Bonchev–Trinajstić information content (AvgIpc) is 2.47. The monoisotopic (exact) mass is 286 g/mol. The zero-order valence-electron chi connectivity index (χ0n) is 10.9. The molecule has 0 fully saturated rings. The minimum atomic E-state index is -0.571. The number of thioether (sulfide) groups is 1. The number of carbonyl (C=O) groups is 2. The van der Waals surface area contributed by atoms with Crippen molar-refractivity contribution in [3.8, 4) is 0 Å². The first-order chi connectivity index (χ1) is 9.61. The Morgan fingerprint density at radius 1 is 1.05 bits per heavy atom. The molecule has 102 valence electrons. The predicted octanol–water partition coefficient (Wildman–Crippen LogP) is 2.76. The molecule has 2 aromatic carbocycles. The summed E-state index contributed by atoms with van der Waals surface area (Å²) in [5.74, 6) is -0.843. The van der Waals surface area contributed by atoms with E-state index in [9.17, 15) is 9.59 Å². The molecule has 20 heavy (non-hydrogen) atoms. The molecule has 0 spiro atoms. The number of carbonyl (C=O) groups excluding carboxylic acids is 2. The van der Waals surface area contributed by atoms with Crippen LogP contribution in [0.1, 0.15) is 20.7 Å². The average molecular weight is 286 g/mol. The number of amides is 2.